The molecule has 0 amide bonds. The molecule has 0 aromatic carbocycles. The van der Waals surface area contributed by atoms with Crippen LogP contribution < -0.4 is 4.90 Å². The molecule has 3 heteroatoms. The van der Waals surface area contributed by atoms with Crippen LogP contribution in [0.4, 0.5) is 5.13 Å². The lowest BCUT2D eigenvalue weighted by Crippen LogP contribution is -2.31. The number of anilines is 1. The third-order valence-corrected chi connectivity index (χ3v) is 2.69. The van der Waals surface area contributed by atoms with E-state index in [1.165, 1.54) is 0 Å². The Hall–Kier alpha value is -0.570. The first-order valence-electron chi connectivity index (χ1n) is 5.24. The molecule has 1 rings (SSSR count). The number of nitrogens with zero attached hydrogens (tertiary/aromatic N) is 2. The van der Waals surface area contributed by atoms with Gasteiger partial charge < -0.3 is 4.90 Å². The van der Waals surface area contributed by atoms with Crippen molar-refractivity contribution in [1.29, 1.82) is 0 Å². The smallest absolute Gasteiger partial charge is 0.185 e. The van der Waals surface area contributed by atoms with Gasteiger partial charge in [-0.15, -0.1) is 11.3 Å². The molecule has 14 heavy (non-hydrogen) atoms. The highest BCUT2D eigenvalue weighted by molar-refractivity contribution is 7.13. The normalized spacial score (nSPS) is 11.3. The fourth-order valence-electron chi connectivity index (χ4n) is 1.48. The molecule has 0 unspecified atom stereocenters. The Bertz CT molecular complexity index is 232. The van der Waals surface area contributed by atoms with Crippen molar-refractivity contribution in [3.63, 3.8) is 0 Å². The second-order valence-electron chi connectivity index (χ2n) is 4.51. The summed E-state index contributed by atoms with van der Waals surface area (Å²) >= 11 is 1.73. The van der Waals surface area contributed by atoms with E-state index in [4.69, 9.17) is 0 Å². The summed E-state index contributed by atoms with van der Waals surface area (Å²) in [4.78, 5) is 6.76. The number of hydrogen-bond donors (Lipinski definition) is 0. The van der Waals surface area contributed by atoms with Crippen LogP contribution in [0.3, 0.4) is 0 Å². The Labute approximate surface area is 91.0 Å². The quantitative estimate of drug-likeness (QED) is 0.744. The van der Waals surface area contributed by atoms with E-state index in [1.807, 2.05) is 11.6 Å². The lowest BCUT2D eigenvalue weighted by molar-refractivity contribution is 0.552. The highest BCUT2D eigenvalue weighted by Gasteiger charge is 2.11. The van der Waals surface area contributed by atoms with E-state index in [1.54, 1.807) is 11.3 Å². The van der Waals surface area contributed by atoms with E-state index < -0.39 is 0 Å². The van der Waals surface area contributed by atoms with Gasteiger partial charge >= 0.3 is 0 Å². The van der Waals surface area contributed by atoms with Crippen LogP contribution in [0.25, 0.3) is 0 Å². The minimum absolute atomic E-state index is 0.692. The highest BCUT2D eigenvalue weighted by Crippen LogP contribution is 2.19. The molecule has 0 spiro atoms. The summed E-state index contributed by atoms with van der Waals surface area (Å²) in [6.07, 6.45) is 1.88. The standard InChI is InChI=1S/C11H20N2S/c1-9(2)7-13(8-10(3)4)11-12-5-6-14-11/h5-6,9-10H,7-8H2,1-4H3. The van der Waals surface area contributed by atoms with Gasteiger partial charge in [-0.05, 0) is 11.8 Å². The number of thiazole rings is 1. The molecule has 0 bridgehead atoms. The van der Waals surface area contributed by atoms with E-state index in [2.05, 4.69) is 37.6 Å². The molecule has 2 nitrogen and oxygen atoms in total. The summed E-state index contributed by atoms with van der Waals surface area (Å²) in [5, 5.41) is 3.20. The van der Waals surface area contributed by atoms with Gasteiger partial charge in [-0.3, -0.25) is 0 Å². The Morgan fingerprint density at radius 2 is 1.79 bits per heavy atom. The molecule has 0 radical (unpaired) electrons. The van der Waals surface area contributed by atoms with Gasteiger partial charge in [0.05, 0.1) is 0 Å². The van der Waals surface area contributed by atoms with Gasteiger partial charge in [0.1, 0.15) is 0 Å². The third-order valence-electron chi connectivity index (χ3n) is 1.86. The van der Waals surface area contributed by atoms with E-state index in [9.17, 15) is 0 Å². The summed E-state index contributed by atoms with van der Waals surface area (Å²) in [6.45, 7) is 11.2. The fourth-order valence-corrected chi connectivity index (χ4v) is 2.15. The Balaban J connectivity index is 2.62. The van der Waals surface area contributed by atoms with Gasteiger partial charge in [-0.2, -0.15) is 0 Å². The van der Waals surface area contributed by atoms with Crippen LogP contribution in [0.15, 0.2) is 11.6 Å². The second-order valence-corrected chi connectivity index (χ2v) is 5.38. The van der Waals surface area contributed by atoms with Crippen LogP contribution in [-0.2, 0) is 0 Å². The summed E-state index contributed by atoms with van der Waals surface area (Å²) in [5.74, 6) is 1.38. The predicted molar refractivity (Wildman–Crippen MR) is 64.0 cm³/mol. The minimum Gasteiger partial charge on any atom is -0.348 e. The van der Waals surface area contributed by atoms with Crippen molar-refractivity contribution in [2.45, 2.75) is 27.7 Å². The number of aromatic nitrogens is 1. The minimum atomic E-state index is 0.692. The molecule has 1 heterocycles. The van der Waals surface area contributed by atoms with Crippen LogP contribution >= 0.6 is 11.3 Å². The molecule has 0 saturated heterocycles. The van der Waals surface area contributed by atoms with Gasteiger partial charge in [0.25, 0.3) is 0 Å². The molecule has 0 aliphatic carbocycles. The summed E-state index contributed by atoms with van der Waals surface area (Å²) in [6, 6.07) is 0. The maximum Gasteiger partial charge on any atom is 0.185 e. The molecule has 1 aromatic heterocycles. The molecule has 0 N–H and O–H groups in total. The zero-order valence-corrected chi connectivity index (χ0v) is 10.3. The molecule has 80 valence electrons. The van der Waals surface area contributed by atoms with Crippen molar-refractivity contribution in [3.05, 3.63) is 11.6 Å². The Morgan fingerprint density at radius 1 is 1.21 bits per heavy atom. The lowest BCUT2D eigenvalue weighted by Gasteiger charge is -2.25. The molecular weight excluding hydrogens is 192 g/mol. The zero-order valence-electron chi connectivity index (χ0n) is 9.53. The van der Waals surface area contributed by atoms with Crippen LogP contribution in [0.1, 0.15) is 27.7 Å². The molecule has 0 fully saturated rings. The van der Waals surface area contributed by atoms with Gasteiger partial charge in [-0.25, -0.2) is 4.98 Å². The van der Waals surface area contributed by atoms with Gasteiger partial charge in [-0.1, -0.05) is 27.7 Å². The molecular formula is C11H20N2S. The number of hydrogen-bond acceptors (Lipinski definition) is 3. The van der Waals surface area contributed by atoms with E-state index >= 15 is 0 Å². The second kappa shape index (κ2) is 5.35. The maximum absolute atomic E-state index is 4.37. The fraction of sp³-hybridized carbons (Fsp3) is 0.727. The molecule has 0 atom stereocenters. The van der Waals surface area contributed by atoms with Crippen LogP contribution in [0, 0.1) is 11.8 Å². The van der Waals surface area contributed by atoms with Crippen molar-refractivity contribution in [2.24, 2.45) is 11.8 Å². The summed E-state index contributed by atoms with van der Waals surface area (Å²) < 4.78 is 0. The van der Waals surface area contributed by atoms with Gasteiger partial charge in [0, 0.05) is 24.7 Å². The van der Waals surface area contributed by atoms with E-state index in [-0.39, 0.29) is 0 Å². The first-order chi connectivity index (χ1) is 6.59. The van der Waals surface area contributed by atoms with Crippen LogP contribution in [0.2, 0.25) is 0 Å². The van der Waals surface area contributed by atoms with Crippen LogP contribution in [0.5, 0.6) is 0 Å². The van der Waals surface area contributed by atoms with Crippen molar-refractivity contribution in [1.82, 2.24) is 4.98 Å². The number of rotatable bonds is 5. The topological polar surface area (TPSA) is 16.1 Å². The Morgan fingerprint density at radius 3 is 2.14 bits per heavy atom. The maximum atomic E-state index is 4.37. The third kappa shape index (κ3) is 3.66. The summed E-state index contributed by atoms with van der Waals surface area (Å²) in [7, 11) is 0. The van der Waals surface area contributed by atoms with Crippen LogP contribution in [-0.4, -0.2) is 18.1 Å². The van der Waals surface area contributed by atoms with E-state index in [0.29, 0.717) is 11.8 Å². The predicted octanol–water partition coefficient (Wildman–Crippen LogP) is 3.26. The monoisotopic (exact) mass is 212 g/mol. The Kier molecular flexibility index (Phi) is 4.39. The van der Waals surface area contributed by atoms with Crippen molar-refractivity contribution in [2.75, 3.05) is 18.0 Å². The zero-order chi connectivity index (χ0) is 10.6. The van der Waals surface area contributed by atoms with E-state index in [0.717, 1.165) is 18.2 Å². The first kappa shape index (κ1) is 11.5. The van der Waals surface area contributed by atoms with Gasteiger partial charge in [0.2, 0.25) is 0 Å². The molecule has 0 aliphatic heterocycles. The molecule has 0 aliphatic rings. The van der Waals surface area contributed by atoms with Crippen molar-refractivity contribution >= 4 is 16.5 Å². The van der Waals surface area contributed by atoms with Crippen molar-refractivity contribution < 1.29 is 0 Å². The average Bonchev–Trinajstić information content (AvgIpc) is 2.52. The highest BCUT2D eigenvalue weighted by atomic mass is 32.1. The lowest BCUT2D eigenvalue weighted by atomic mass is 10.1. The van der Waals surface area contributed by atoms with Gasteiger partial charge in [0.15, 0.2) is 5.13 Å². The first-order valence-corrected chi connectivity index (χ1v) is 6.12. The van der Waals surface area contributed by atoms with Crippen molar-refractivity contribution in [3.8, 4) is 0 Å². The molecule has 0 saturated carbocycles. The average molecular weight is 212 g/mol. The molecule has 1 aromatic rings. The summed E-state index contributed by atoms with van der Waals surface area (Å²) in [5.41, 5.74) is 0. The SMILES string of the molecule is CC(C)CN(CC(C)C)c1nccs1. The largest absolute Gasteiger partial charge is 0.348 e.